The number of hydrogen-bond donors (Lipinski definition) is 3. The molecule has 2 rings (SSSR count). The third-order valence-electron chi connectivity index (χ3n) is 3.95. The predicted molar refractivity (Wildman–Crippen MR) is 79.1 cm³/mol. The number of nitrogens with one attached hydrogen (secondary N) is 1. The van der Waals surface area contributed by atoms with Gasteiger partial charge < -0.3 is 15.6 Å². The third kappa shape index (κ3) is 3.49. The Labute approximate surface area is 119 Å². The molecule has 0 saturated carbocycles. The minimum absolute atomic E-state index is 0.0768. The zero-order chi connectivity index (χ0) is 14.5. The number of aliphatic hydroxyl groups is 1. The van der Waals surface area contributed by atoms with Crippen molar-refractivity contribution in [2.45, 2.75) is 19.4 Å². The Morgan fingerprint density at radius 1 is 1.45 bits per heavy atom. The Morgan fingerprint density at radius 3 is 2.70 bits per heavy atom. The molecular formula is C15H23N3O2. The first-order valence-electron chi connectivity index (χ1n) is 6.98. The monoisotopic (exact) mass is 277 g/mol. The molecule has 1 aromatic rings. The Hall–Kier alpha value is -1.59. The summed E-state index contributed by atoms with van der Waals surface area (Å²) in [5.74, 6) is 1.35. The highest BCUT2D eigenvalue weighted by molar-refractivity contribution is 5.95. The van der Waals surface area contributed by atoms with Gasteiger partial charge in [-0.3, -0.25) is 10.3 Å². The molecule has 1 saturated heterocycles. The van der Waals surface area contributed by atoms with Gasteiger partial charge in [-0.1, -0.05) is 0 Å². The van der Waals surface area contributed by atoms with Gasteiger partial charge in [-0.05, 0) is 50.0 Å². The van der Waals surface area contributed by atoms with Crippen molar-refractivity contribution in [2.75, 3.05) is 26.8 Å². The number of hydrogen-bond acceptors (Lipinski definition) is 4. The molecule has 0 amide bonds. The average Bonchev–Trinajstić information content (AvgIpc) is 2.48. The van der Waals surface area contributed by atoms with Crippen molar-refractivity contribution >= 4 is 5.84 Å². The number of likely N-dealkylation sites (tertiary alicyclic amines) is 1. The van der Waals surface area contributed by atoms with Crippen LogP contribution in [0.3, 0.4) is 0 Å². The number of rotatable bonds is 5. The Bertz CT molecular complexity index is 468. The van der Waals surface area contributed by atoms with Gasteiger partial charge in [-0.2, -0.15) is 0 Å². The molecule has 1 aliphatic heterocycles. The first-order valence-corrected chi connectivity index (χ1v) is 6.98. The van der Waals surface area contributed by atoms with E-state index in [4.69, 9.17) is 15.9 Å². The number of benzene rings is 1. The second kappa shape index (κ2) is 6.72. The predicted octanol–water partition coefficient (Wildman–Crippen LogP) is 1.18. The maximum absolute atomic E-state index is 9.17. The van der Waals surface area contributed by atoms with Crippen LogP contribution in [-0.2, 0) is 6.54 Å². The number of ether oxygens (including phenoxy) is 1. The molecule has 0 unspecified atom stereocenters. The molecule has 1 aliphatic rings. The number of aliphatic hydroxyl groups excluding tert-OH is 1. The van der Waals surface area contributed by atoms with Crippen LogP contribution in [0.2, 0.25) is 0 Å². The minimum atomic E-state index is 0.0768. The normalized spacial score (nSPS) is 17.1. The Kier molecular flexibility index (Phi) is 4.98. The smallest absolute Gasteiger partial charge is 0.123 e. The highest BCUT2D eigenvalue weighted by Crippen LogP contribution is 2.24. The number of nitrogen functional groups attached to an aromatic ring is 1. The summed E-state index contributed by atoms with van der Waals surface area (Å²) in [6.45, 7) is 3.05. The summed E-state index contributed by atoms with van der Waals surface area (Å²) in [6.07, 6.45) is 2.07. The highest BCUT2D eigenvalue weighted by atomic mass is 16.5. The SMILES string of the molecule is COc1ccc(C(=N)N)cc1CN1CCC(CO)CC1. The van der Waals surface area contributed by atoms with Gasteiger partial charge in [0, 0.05) is 24.3 Å². The van der Waals surface area contributed by atoms with E-state index in [1.54, 1.807) is 7.11 Å². The fourth-order valence-electron chi connectivity index (χ4n) is 2.64. The fraction of sp³-hybridized carbons (Fsp3) is 0.533. The van der Waals surface area contributed by atoms with Gasteiger partial charge in [-0.15, -0.1) is 0 Å². The van der Waals surface area contributed by atoms with Crippen LogP contribution in [0, 0.1) is 11.3 Å². The zero-order valence-corrected chi connectivity index (χ0v) is 11.9. The van der Waals surface area contributed by atoms with E-state index in [1.165, 1.54) is 0 Å². The standard InChI is InChI=1S/C15H23N3O2/c1-20-14-3-2-12(15(16)17)8-13(14)9-18-6-4-11(10-19)5-7-18/h2-3,8,11,19H,4-7,9-10H2,1H3,(H3,16,17). The van der Waals surface area contributed by atoms with Crippen molar-refractivity contribution in [3.63, 3.8) is 0 Å². The summed E-state index contributed by atoms with van der Waals surface area (Å²) < 4.78 is 5.39. The second-order valence-corrected chi connectivity index (χ2v) is 5.34. The molecule has 4 N–H and O–H groups in total. The first kappa shape index (κ1) is 14.8. The van der Waals surface area contributed by atoms with E-state index >= 15 is 0 Å². The van der Waals surface area contributed by atoms with Crippen LogP contribution in [0.25, 0.3) is 0 Å². The van der Waals surface area contributed by atoms with Crippen molar-refractivity contribution in [3.8, 4) is 5.75 Å². The summed E-state index contributed by atoms with van der Waals surface area (Å²) in [7, 11) is 1.66. The van der Waals surface area contributed by atoms with Crippen LogP contribution in [0.5, 0.6) is 5.75 Å². The van der Waals surface area contributed by atoms with Crippen LogP contribution in [0.1, 0.15) is 24.0 Å². The van der Waals surface area contributed by atoms with Crippen LogP contribution in [-0.4, -0.2) is 42.6 Å². The van der Waals surface area contributed by atoms with Crippen LogP contribution >= 0.6 is 0 Å². The van der Waals surface area contributed by atoms with Crippen LogP contribution in [0.15, 0.2) is 18.2 Å². The number of nitrogens with zero attached hydrogens (tertiary/aromatic N) is 1. The zero-order valence-electron chi connectivity index (χ0n) is 11.9. The van der Waals surface area contributed by atoms with Crippen LogP contribution in [0.4, 0.5) is 0 Å². The summed E-state index contributed by atoms with van der Waals surface area (Å²) in [4.78, 5) is 2.36. The molecule has 0 radical (unpaired) electrons. The molecule has 0 atom stereocenters. The summed E-state index contributed by atoms with van der Waals surface area (Å²) in [5, 5.41) is 16.7. The lowest BCUT2D eigenvalue weighted by molar-refractivity contribution is 0.127. The number of piperidine rings is 1. The maximum atomic E-state index is 9.17. The van der Waals surface area contributed by atoms with Gasteiger partial charge in [0.1, 0.15) is 11.6 Å². The molecule has 0 aromatic heterocycles. The van der Waals surface area contributed by atoms with Crippen molar-refractivity contribution in [3.05, 3.63) is 29.3 Å². The minimum Gasteiger partial charge on any atom is -0.496 e. The van der Waals surface area contributed by atoms with E-state index in [9.17, 15) is 5.11 Å². The van der Waals surface area contributed by atoms with E-state index < -0.39 is 0 Å². The maximum Gasteiger partial charge on any atom is 0.123 e. The number of nitrogens with two attached hydrogens (primary N) is 1. The topological polar surface area (TPSA) is 82.6 Å². The van der Waals surface area contributed by atoms with E-state index in [2.05, 4.69) is 4.90 Å². The lowest BCUT2D eigenvalue weighted by Crippen LogP contribution is -2.34. The molecule has 1 heterocycles. The van der Waals surface area contributed by atoms with E-state index in [0.717, 1.165) is 49.4 Å². The molecule has 5 heteroatoms. The second-order valence-electron chi connectivity index (χ2n) is 5.34. The van der Waals surface area contributed by atoms with Gasteiger partial charge >= 0.3 is 0 Å². The molecule has 1 fully saturated rings. The van der Waals surface area contributed by atoms with Gasteiger partial charge in [0.2, 0.25) is 0 Å². The van der Waals surface area contributed by atoms with Gasteiger partial charge in [0.25, 0.3) is 0 Å². The third-order valence-corrected chi connectivity index (χ3v) is 3.95. The molecule has 0 bridgehead atoms. The first-order chi connectivity index (χ1) is 9.63. The highest BCUT2D eigenvalue weighted by Gasteiger charge is 2.19. The molecular weight excluding hydrogens is 254 g/mol. The molecule has 20 heavy (non-hydrogen) atoms. The van der Waals surface area contributed by atoms with E-state index in [1.807, 2.05) is 18.2 Å². The summed E-state index contributed by atoms with van der Waals surface area (Å²) >= 11 is 0. The van der Waals surface area contributed by atoms with Gasteiger partial charge in [0.15, 0.2) is 0 Å². The van der Waals surface area contributed by atoms with Crippen molar-refractivity contribution in [1.82, 2.24) is 4.90 Å². The average molecular weight is 277 g/mol. The quantitative estimate of drug-likeness (QED) is 0.557. The lowest BCUT2D eigenvalue weighted by atomic mass is 9.97. The fourth-order valence-corrected chi connectivity index (χ4v) is 2.64. The molecule has 5 nitrogen and oxygen atoms in total. The molecule has 0 aliphatic carbocycles. The summed E-state index contributed by atoms with van der Waals surface area (Å²) in [6, 6.07) is 5.61. The van der Waals surface area contributed by atoms with Crippen molar-refractivity contribution < 1.29 is 9.84 Å². The van der Waals surface area contributed by atoms with E-state index in [0.29, 0.717) is 5.92 Å². The van der Waals surface area contributed by atoms with Gasteiger partial charge in [0.05, 0.1) is 7.11 Å². The number of amidine groups is 1. The Balaban J connectivity index is 2.08. The summed E-state index contributed by atoms with van der Waals surface area (Å²) in [5.41, 5.74) is 7.33. The Morgan fingerprint density at radius 2 is 2.15 bits per heavy atom. The van der Waals surface area contributed by atoms with Gasteiger partial charge in [-0.25, -0.2) is 0 Å². The van der Waals surface area contributed by atoms with Crippen molar-refractivity contribution in [1.29, 1.82) is 5.41 Å². The number of methoxy groups -OCH3 is 1. The molecule has 0 spiro atoms. The van der Waals surface area contributed by atoms with Crippen molar-refractivity contribution in [2.24, 2.45) is 11.7 Å². The molecule has 1 aromatic carbocycles. The lowest BCUT2D eigenvalue weighted by Gasteiger charge is -2.31. The van der Waals surface area contributed by atoms with Crippen LogP contribution < -0.4 is 10.5 Å². The van der Waals surface area contributed by atoms with E-state index in [-0.39, 0.29) is 12.4 Å². The molecule has 110 valence electrons. The largest absolute Gasteiger partial charge is 0.496 e.